The molecule has 2 heterocycles. The molecule has 0 spiro atoms. The van der Waals surface area contributed by atoms with Gasteiger partial charge in [0.2, 0.25) is 5.78 Å². The van der Waals surface area contributed by atoms with Crippen LogP contribution >= 0.6 is 7.82 Å². The number of carbonyl (C=O) groups is 4. The Morgan fingerprint density at radius 3 is 2.44 bits per heavy atom. The molecule has 4 saturated carbocycles. The average molecular weight is 1130 g/mol. The number of esters is 1. The van der Waals surface area contributed by atoms with E-state index in [0.717, 1.165) is 115 Å². The number of ketones is 2. The Labute approximate surface area is 472 Å². The van der Waals surface area contributed by atoms with Crippen molar-refractivity contribution in [3.8, 4) is 5.75 Å². The molecule has 6 N–H and O–H groups in total. The Morgan fingerprint density at radius 2 is 1.69 bits per heavy atom. The minimum Gasteiger partial charge on any atom is -0.456 e. The Hall–Kier alpha value is -4.33. The van der Waals surface area contributed by atoms with Crippen LogP contribution in [0.3, 0.4) is 0 Å². The van der Waals surface area contributed by atoms with Gasteiger partial charge in [0, 0.05) is 48.0 Å². The summed E-state index contributed by atoms with van der Waals surface area (Å²) in [6, 6.07) is 14.8. The Bertz CT molecular complexity index is 2600. The summed E-state index contributed by atoms with van der Waals surface area (Å²) in [4.78, 5) is 75.4. The average Bonchev–Trinajstić information content (AvgIpc) is 4.10. The second kappa shape index (κ2) is 26.1. The predicted octanol–water partition coefficient (Wildman–Crippen LogP) is 7.41. The first-order chi connectivity index (χ1) is 38.3. The maximum atomic E-state index is 14.9. The van der Waals surface area contributed by atoms with Crippen LogP contribution in [0, 0.1) is 34.5 Å². The van der Waals surface area contributed by atoms with Crippen molar-refractivity contribution in [2.45, 2.75) is 153 Å². The molecule has 0 aromatic heterocycles. The molecule has 2 aliphatic heterocycles. The molecule has 19 heteroatoms. The van der Waals surface area contributed by atoms with Gasteiger partial charge in [0.05, 0.1) is 51.5 Å². The number of piperazine rings is 1. The molecule has 6 fully saturated rings. The Kier molecular flexibility index (Phi) is 19.6. The number of carbonyl (C=O) groups excluding carboxylic acids is 4. The first-order valence-corrected chi connectivity index (χ1v) is 31.2. The molecule has 80 heavy (non-hydrogen) atoms. The second-order valence-corrected chi connectivity index (χ2v) is 25.9. The number of phosphoric ester groups is 1. The maximum absolute atomic E-state index is 14.9. The van der Waals surface area contributed by atoms with Crippen LogP contribution in [-0.2, 0) is 50.9 Å². The smallest absolute Gasteiger partial charge is 0.456 e. The zero-order chi connectivity index (χ0) is 56.7. The SMILES string of the molecule is C[C@]12C=CC(=O)C=C1CC[C@@H]1[C@@H]2[C@@H](O)C[C@@]2(C)[C@H]1C[C@H]1O[C@@H](C3CCCCC3)O[C@]12C(=O)COC(=O)CNC(=O)N1CC[N+](C)(Cc2cc(C(O)CNCCCCCCOCCCCc3ccccc3)ccc2OP(=O)(O)O)CC1. The van der Waals surface area contributed by atoms with E-state index < -0.39 is 79.8 Å². The third-order valence-electron chi connectivity index (χ3n) is 19.4. The molecule has 5 aliphatic carbocycles. The maximum Gasteiger partial charge on any atom is 0.524 e. The van der Waals surface area contributed by atoms with Crippen LogP contribution in [0.2, 0.25) is 0 Å². The number of nitrogens with zero attached hydrogens (tertiary/aromatic N) is 2. The highest BCUT2D eigenvalue weighted by atomic mass is 31.2. The summed E-state index contributed by atoms with van der Waals surface area (Å²) >= 11 is 0. The second-order valence-electron chi connectivity index (χ2n) is 24.8. The Morgan fingerprint density at radius 1 is 0.950 bits per heavy atom. The van der Waals surface area contributed by atoms with Crippen LogP contribution < -0.4 is 15.2 Å². The van der Waals surface area contributed by atoms with Crippen molar-refractivity contribution in [2.75, 3.05) is 72.7 Å². The molecule has 0 bridgehead atoms. The molecule has 2 amide bonds. The van der Waals surface area contributed by atoms with E-state index in [1.165, 1.54) is 11.6 Å². The number of unbranched alkanes of at least 4 members (excludes halogenated alkanes) is 4. The molecular formula is C61H88N4O14P+. The highest BCUT2D eigenvalue weighted by Gasteiger charge is 2.76. The molecule has 9 rings (SSSR count). The summed E-state index contributed by atoms with van der Waals surface area (Å²) in [5.74, 6) is -1.23. The van der Waals surface area contributed by atoms with Gasteiger partial charge < -0.3 is 53.7 Å². The van der Waals surface area contributed by atoms with Gasteiger partial charge in [-0.1, -0.05) is 94.0 Å². The summed E-state index contributed by atoms with van der Waals surface area (Å²) in [6.07, 6.45) is 17.2. The molecule has 10 atom stereocenters. The minimum atomic E-state index is -4.91. The number of ether oxygens (including phenoxy) is 4. The molecule has 1 unspecified atom stereocenters. The molecule has 18 nitrogen and oxygen atoms in total. The number of benzene rings is 2. The number of rotatable bonds is 25. The lowest BCUT2D eigenvalue weighted by molar-refractivity contribution is -0.926. The molecule has 0 radical (unpaired) electrons. The normalized spacial score (nSPS) is 30.4. The molecule has 2 aromatic carbocycles. The van der Waals surface area contributed by atoms with Crippen molar-refractivity contribution in [2.24, 2.45) is 34.5 Å². The topological polar surface area (TPSA) is 240 Å². The zero-order valence-corrected chi connectivity index (χ0v) is 48.2. The number of hydrogen-bond acceptors (Lipinski definition) is 13. The lowest BCUT2D eigenvalue weighted by atomic mass is 9.46. The fraction of sp³-hybridized carbons (Fsp3) is 0.672. The van der Waals surface area contributed by atoms with Crippen LogP contribution in [0.4, 0.5) is 4.79 Å². The number of phosphoric acid groups is 1. The van der Waals surface area contributed by atoms with E-state index in [-0.39, 0.29) is 41.6 Å². The van der Waals surface area contributed by atoms with E-state index in [4.69, 9.17) is 23.5 Å². The van der Waals surface area contributed by atoms with Gasteiger partial charge in [0.1, 0.15) is 18.8 Å². The molecule has 2 saturated heterocycles. The first-order valence-electron chi connectivity index (χ1n) is 29.7. The van der Waals surface area contributed by atoms with E-state index in [1.54, 1.807) is 29.2 Å². The fourth-order valence-electron chi connectivity index (χ4n) is 15.1. The van der Waals surface area contributed by atoms with Crippen LogP contribution in [-0.4, -0.2) is 150 Å². The van der Waals surface area contributed by atoms with Gasteiger partial charge in [0.15, 0.2) is 24.3 Å². The van der Waals surface area contributed by atoms with Crippen molar-refractivity contribution in [1.82, 2.24) is 15.5 Å². The largest absolute Gasteiger partial charge is 0.524 e. The van der Waals surface area contributed by atoms with Gasteiger partial charge in [-0.2, -0.15) is 0 Å². The zero-order valence-electron chi connectivity index (χ0n) is 47.3. The number of nitrogens with one attached hydrogen (secondary N) is 2. The number of aliphatic hydroxyl groups is 2. The van der Waals surface area contributed by atoms with Gasteiger partial charge in [-0.05, 0) is 124 Å². The van der Waals surface area contributed by atoms with Gasteiger partial charge in [-0.3, -0.25) is 24.2 Å². The number of Topliss-reactive ketones (excluding diaryl/α,β-unsaturated/α-hetero) is 1. The third-order valence-corrected chi connectivity index (χ3v) is 19.8. The van der Waals surface area contributed by atoms with Gasteiger partial charge in [-0.15, -0.1) is 0 Å². The predicted molar refractivity (Wildman–Crippen MR) is 299 cm³/mol. The summed E-state index contributed by atoms with van der Waals surface area (Å²) in [5, 5.41) is 29.4. The quantitative estimate of drug-likeness (QED) is 0.0246. The summed E-state index contributed by atoms with van der Waals surface area (Å²) < 4.78 is 42.9. The van der Waals surface area contributed by atoms with Gasteiger partial charge >= 0.3 is 19.8 Å². The lowest BCUT2D eigenvalue weighted by Gasteiger charge is -2.59. The van der Waals surface area contributed by atoms with Gasteiger partial charge in [-0.25, -0.2) is 9.36 Å². The van der Waals surface area contributed by atoms with Crippen LogP contribution in [0.1, 0.15) is 133 Å². The number of amides is 2. The number of quaternary nitrogens is 1. The number of allylic oxidation sites excluding steroid dienone is 4. The van der Waals surface area contributed by atoms with E-state index >= 15 is 0 Å². The van der Waals surface area contributed by atoms with Crippen molar-refractivity contribution < 1.29 is 71.7 Å². The minimum absolute atomic E-state index is 0.0132. The fourth-order valence-corrected chi connectivity index (χ4v) is 15.5. The van der Waals surface area contributed by atoms with Crippen molar-refractivity contribution in [1.29, 1.82) is 0 Å². The third kappa shape index (κ3) is 13.7. The van der Waals surface area contributed by atoms with E-state index in [0.29, 0.717) is 61.3 Å². The van der Waals surface area contributed by atoms with E-state index in [2.05, 4.69) is 41.8 Å². The highest BCUT2D eigenvalue weighted by Crippen LogP contribution is 2.70. The number of hydrogen-bond donors (Lipinski definition) is 6. The van der Waals surface area contributed by atoms with Crippen LogP contribution in [0.15, 0.2) is 72.3 Å². The van der Waals surface area contributed by atoms with E-state index in [9.17, 15) is 43.7 Å². The van der Waals surface area contributed by atoms with Gasteiger partial charge in [0.25, 0.3) is 0 Å². The van der Waals surface area contributed by atoms with Crippen molar-refractivity contribution in [3.05, 3.63) is 89.0 Å². The Balaban J connectivity index is 0.730. The molecular weight excluding hydrogens is 1040 g/mol. The summed E-state index contributed by atoms with van der Waals surface area (Å²) in [7, 11) is -2.93. The van der Waals surface area contributed by atoms with Crippen LogP contribution in [0.5, 0.6) is 5.75 Å². The highest BCUT2D eigenvalue weighted by molar-refractivity contribution is 7.46. The standard InChI is InChI=1S/C61H87N4O14P/c1-59-26-25-47(66)35-46(59)22-23-48-49-36-54-61(60(49,2)37-50(67)56(48)59,78-57(77-54)43-19-10-7-11-20-43)53(69)41-76-55(70)39-63-58(71)64-28-30-65(3,31-29-64)40-45-34-44(21-24-52(45)79-80(72,73)74)51(68)38-62-27-13-4-5-14-32-75-33-15-12-18-42-16-8-6-9-17-42/h6,8-9,16-17,21,24-26,34-35,43,48-51,54,56-57,62,67-68H,4-5,7,10-15,18-20,22-23,27-33,36-41H2,1-3H3,(H2-,63,71,72,73,74)/p+1/t48-,49-,50-,51?,54+,56+,57+,59-,60-,61+/m0/s1. The molecule has 7 aliphatic rings. The van der Waals surface area contributed by atoms with E-state index in [1.807, 2.05) is 26.1 Å². The van der Waals surface area contributed by atoms with Crippen LogP contribution in [0.25, 0.3) is 0 Å². The number of aryl methyl sites for hydroxylation is 1. The number of urea groups is 1. The monoisotopic (exact) mass is 1130 g/mol. The summed E-state index contributed by atoms with van der Waals surface area (Å²) in [6.45, 7) is 7.52. The molecule has 2 aromatic rings. The number of likely N-dealkylation sites (N-methyl/N-ethyl adjacent to an activating group) is 1. The van der Waals surface area contributed by atoms with Crippen molar-refractivity contribution >= 4 is 31.4 Å². The molecule has 440 valence electrons. The lowest BCUT2D eigenvalue weighted by Crippen LogP contribution is -2.63. The first kappa shape index (κ1) is 60.3. The summed E-state index contributed by atoms with van der Waals surface area (Å²) in [5.41, 5.74) is 0.711. The number of fused-ring (bicyclic) bond motifs is 7. The van der Waals surface area contributed by atoms with Crippen molar-refractivity contribution in [3.63, 3.8) is 0 Å². The number of aliphatic hydroxyl groups excluding tert-OH is 2.